The van der Waals surface area contributed by atoms with E-state index >= 15 is 0 Å². The number of nitrogens with zero attached hydrogens (tertiary/aromatic N) is 3. The van der Waals surface area contributed by atoms with Crippen molar-refractivity contribution in [3.8, 4) is 5.82 Å². The Bertz CT molecular complexity index is 745. The molecule has 22 heavy (non-hydrogen) atoms. The van der Waals surface area contributed by atoms with E-state index in [-0.39, 0.29) is 0 Å². The van der Waals surface area contributed by atoms with Crippen LogP contribution in [-0.4, -0.2) is 31.7 Å². The van der Waals surface area contributed by atoms with Crippen molar-refractivity contribution in [3.63, 3.8) is 0 Å². The van der Waals surface area contributed by atoms with E-state index in [1.807, 2.05) is 19.9 Å². The molecule has 2 heterocycles. The molecule has 0 spiro atoms. The quantitative estimate of drug-likeness (QED) is 0.837. The van der Waals surface area contributed by atoms with Gasteiger partial charge in [-0.1, -0.05) is 0 Å². The lowest BCUT2D eigenvalue weighted by atomic mass is 10.1. The Morgan fingerprint density at radius 3 is 2.50 bits per heavy atom. The van der Waals surface area contributed by atoms with Gasteiger partial charge in [-0.15, -0.1) is 0 Å². The predicted molar refractivity (Wildman–Crippen MR) is 78.8 cm³/mol. The van der Waals surface area contributed by atoms with E-state index in [1.54, 1.807) is 16.8 Å². The van der Waals surface area contributed by atoms with E-state index in [2.05, 4.69) is 15.4 Å². The van der Waals surface area contributed by atoms with E-state index in [4.69, 9.17) is 5.11 Å². The molecule has 1 amide bonds. The third kappa shape index (κ3) is 2.34. The van der Waals surface area contributed by atoms with Gasteiger partial charge < -0.3 is 10.4 Å². The lowest BCUT2D eigenvalue weighted by molar-refractivity contribution is -0.147. The van der Waals surface area contributed by atoms with Crippen LogP contribution < -0.4 is 5.32 Å². The van der Waals surface area contributed by atoms with Crippen LogP contribution in [0.3, 0.4) is 0 Å². The fraction of sp³-hybridized carbons (Fsp3) is 0.333. The van der Waals surface area contributed by atoms with Gasteiger partial charge in [0, 0.05) is 5.69 Å². The number of pyridine rings is 1. The number of carboxylic acid groups (broad SMARTS) is 1. The van der Waals surface area contributed by atoms with Gasteiger partial charge in [0.15, 0.2) is 5.82 Å². The summed E-state index contributed by atoms with van der Waals surface area (Å²) in [4.78, 5) is 27.4. The van der Waals surface area contributed by atoms with Gasteiger partial charge >= 0.3 is 5.97 Å². The Hall–Kier alpha value is -2.70. The molecule has 7 heteroatoms. The van der Waals surface area contributed by atoms with Crippen molar-refractivity contribution in [2.24, 2.45) is 5.41 Å². The Balaban J connectivity index is 1.76. The minimum atomic E-state index is -1.26. The average molecular weight is 300 g/mol. The largest absolute Gasteiger partial charge is 0.480 e. The number of hydrogen-bond donors (Lipinski definition) is 2. The molecule has 0 atom stereocenters. The van der Waals surface area contributed by atoms with Crippen LogP contribution in [0.5, 0.6) is 0 Å². The van der Waals surface area contributed by atoms with Crippen LogP contribution in [0.4, 0.5) is 5.69 Å². The fourth-order valence-corrected chi connectivity index (χ4v) is 2.36. The van der Waals surface area contributed by atoms with Gasteiger partial charge in [-0.3, -0.25) is 9.59 Å². The number of carboxylic acids is 1. The van der Waals surface area contributed by atoms with Crippen molar-refractivity contribution >= 4 is 17.6 Å². The summed E-state index contributed by atoms with van der Waals surface area (Å²) in [6, 6.07) is 5.37. The summed E-state index contributed by atoms with van der Waals surface area (Å²) >= 11 is 0. The summed E-state index contributed by atoms with van der Waals surface area (Å²) in [5.74, 6) is -0.916. The number of hydrogen-bond acceptors (Lipinski definition) is 4. The molecule has 1 fully saturated rings. The zero-order valence-electron chi connectivity index (χ0n) is 12.3. The molecule has 1 aliphatic carbocycles. The minimum Gasteiger partial charge on any atom is -0.480 e. The summed E-state index contributed by atoms with van der Waals surface area (Å²) in [5.41, 5.74) is 1.08. The molecule has 2 aromatic heterocycles. The molecule has 2 aromatic rings. The van der Waals surface area contributed by atoms with Crippen LogP contribution in [-0.2, 0) is 9.59 Å². The normalized spacial score (nSPS) is 15.4. The molecular weight excluding hydrogens is 284 g/mol. The molecular formula is C15H16N4O3. The molecule has 0 aromatic carbocycles. The van der Waals surface area contributed by atoms with E-state index in [1.165, 1.54) is 6.20 Å². The highest BCUT2D eigenvalue weighted by Crippen LogP contribution is 2.46. The molecule has 0 saturated heterocycles. The first-order valence-corrected chi connectivity index (χ1v) is 6.97. The van der Waals surface area contributed by atoms with Crippen LogP contribution in [0.25, 0.3) is 5.82 Å². The molecule has 0 radical (unpaired) electrons. The molecule has 1 saturated carbocycles. The van der Waals surface area contributed by atoms with Gasteiger partial charge in [0.25, 0.3) is 0 Å². The summed E-state index contributed by atoms with van der Waals surface area (Å²) in [6.07, 6.45) is 2.26. The van der Waals surface area contributed by atoms with Crippen LogP contribution in [0.1, 0.15) is 24.2 Å². The number of aryl methyl sites for hydroxylation is 2. The van der Waals surface area contributed by atoms with Crippen molar-refractivity contribution in [3.05, 3.63) is 35.8 Å². The van der Waals surface area contributed by atoms with Crippen LogP contribution in [0.15, 0.2) is 24.4 Å². The first-order valence-electron chi connectivity index (χ1n) is 6.97. The zero-order valence-corrected chi connectivity index (χ0v) is 12.3. The third-order valence-electron chi connectivity index (χ3n) is 3.83. The standard InChI is InChI=1S/C15H16N4O3/c1-9-7-10(2)19(18-9)12-4-3-11(8-16-12)17-13(20)15(5-6-15)14(21)22/h3-4,7-8H,5-6H2,1-2H3,(H,17,20)(H,21,22). The second kappa shape index (κ2) is 4.94. The smallest absolute Gasteiger partial charge is 0.319 e. The van der Waals surface area contributed by atoms with Gasteiger partial charge in [0.2, 0.25) is 5.91 Å². The van der Waals surface area contributed by atoms with E-state index in [0.717, 1.165) is 11.4 Å². The lowest BCUT2D eigenvalue weighted by Crippen LogP contribution is -2.31. The second-order valence-electron chi connectivity index (χ2n) is 5.59. The number of nitrogens with one attached hydrogen (secondary N) is 1. The lowest BCUT2D eigenvalue weighted by Gasteiger charge is -2.11. The average Bonchev–Trinajstić information content (AvgIpc) is 3.21. The first kappa shape index (κ1) is 14.2. The fourth-order valence-electron chi connectivity index (χ4n) is 2.36. The van der Waals surface area contributed by atoms with E-state index in [9.17, 15) is 9.59 Å². The Morgan fingerprint density at radius 1 is 1.32 bits per heavy atom. The second-order valence-corrected chi connectivity index (χ2v) is 5.59. The zero-order chi connectivity index (χ0) is 15.9. The Morgan fingerprint density at radius 2 is 2.05 bits per heavy atom. The van der Waals surface area contributed by atoms with E-state index < -0.39 is 17.3 Å². The highest BCUT2D eigenvalue weighted by atomic mass is 16.4. The maximum absolute atomic E-state index is 12.0. The SMILES string of the molecule is Cc1cc(C)n(-c2ccc(NC(=O)C3(C(=O)O)CC3)cn2)n1. The monoisotopic (exact) mass is 300 g/mol. The molecule has 2 N–H and O–H groups in total. The van der Waals surface area contributed by atoms with Crippen LogP contribution in [0.2, 0.25) is 0 Å². The number of aliphatic carboxylic acids is 1. The van der Waals surface area contributed by atoms with Crippen LogP contribution >= 0.6 is 0 Å². The maximum Gasteiger partial charge on any atom is 0.319 e. The van der Waals surface area contributed by atoms with Gasteiger partial charge in [0.1, 0.15) is 5.41 Å². The van der Waals surface area contributed by atoms with Gasteiger partial charge in [0.05, 0.1) is 17.6 Å². The molecule has 1 aliphatic rings. The van der Waals surface area contributed by atoms with Gasteiger partial charge in [-0.05, 0) is 44.9 Å². The molecule has 0 aliphatic heterocycles. The van der Waals surface area contributed by atoms with Gasteiger partial charge in [-0.2, -0.15) is 5.10 Å². The number of carbonyl (C=O) groups excluding carboxylic acids is 1. The number of carbonyl (C=O) groups is 2. The molecule has 3 rings (SSSR count). The minimum absolute atomic E-state index is 0.380. The molecule has 114 valence electrons. The third-order valence-corrected chi connectivity index (χ3v) is 3.83. The topological polar surface area (TPSA) is 97.1 Å². The Kier molecular flexibility index (Phi) is 3.20. The van der Waals surface area contributed by atoms with E-state index in [0.29, 0.717) is 24.3 Å². The van der Waals surface area contributed by atoms with Crippen LogP contribution in [0, 0.1) is 19.3 Å². The number of aromatic nitrogens is 3. The summed E-state index contributed by atoms with van der Waals surface area (Å²) in [7, 11) is 0. The molecule has 0 bridgehead atoms. The number of amides is 1. The number of rotatable bonds is 4. The predicted octanol–water partition coefficient (Wildman–Crippen LogP) is 1.69. The summed E-state index contributed by atoms with van der Waals surface area (Å²) < 4.78 is 1.71. The number of anilines is 1. The van der Waals surface area contributed by atoms with Crippen molar-refractivity contribution in [2.45, 2.75) is 26.7 Å². The Labute approximate surface area is 127 Å². The van der Waals surface area contributed by atoms with Crippen molar-refractivity contribution in [2.75, 3.05) is 5.32 Å². The summed E-state index contributed by atoms with van der Waals surface area (Å²) in [5, 5.41) is 16.0. The highest BCUT2D eigenvalue weighted by Gasteiger charge is 2.57. The highest BCUT2D eigenvalue weighted by molar-refractivity contribution is 6.10. The van der Waals surface area contributed by atoms with Crippen molar-refractivity contribution < 1.29 is 14.7 Å². The van der Waals surface area contributed by atoms with Crippen molar-refractivity contribution in [1.82, 2.24) is 14.8 Å². The summed E-state index contributed by atoms with van der Waals surface area (Å²) in [6.45, 7) is 3.83. The maximum atomic E-state index is 12.0. The molecule has 7 nitrogen and oxygen atoms in total. The van der Waals surface area contributed by atoms with Crippen molar-refractivity contribution in [1.29, 1.82) is 0 Å². The van der Waals surface area contributed by atoms with Gasteiger partial charge in [-0.25, -0.2) is 9.67 Å². The molecule has 0 unspecified atom stereocenters. The first-order chi connectivity index (χ1) is 10.4.